The highest BCUT2D eigenvalue weighted by molar-refractivity contribution is 7.13. The Morgan fingerprint density at radius 3 is 2.64 bits per heavy atom. The second-order valence-electron chi connectivity index (χ2n) is 6.50. The van der Waals surface area contributed by atoms with Gasteiger partial charge in [-0.1, -0.05) is 0 Å². The molecule has 0 aromatic carbocycles. The monoisotopic (exact) mass is 325 g/mol. The normalized spacial score (nSPS) is 16.4. The van der Waals surface area contributed by atoms with E-state index >= 15 is 0 Å². The van der Waals surface area contributed by atoms with Crippen LogP contribution in [-0.4, -0.2) is 40.6 Å². The summed E-state index contributed by atoms with van der Waals surface area (Å²) in [6, 6.07) is 0. The molecule has 0 unspecified atom stereocenters. The van der Waals surface area contributed by atoms with Gasteiger partial charge in [0.2, 0.25) is 5.91 Å². The molecule has 1 fully saturated rings. The van der Waals surface area contributed by atoms with Gasteiger partial charge in [0.1, 0.15) is 5.60 Å². The Hall–Kier alpha value is -1.63. The molecule has 1 N–H and O–H groups in total. The predicted octanol–water partition coefficient (Wildman–Crippen LogP) is 3.12. The number of amides is 2. The highest BCUT2D eigenvalue weighted by Gasteiger charge is 2.27. The number of ether oxygens (including phenoxy) is 1. The molecule has 2 amide bonds. The Kier molecular flexibility index (Phi) is 5.39. The van der Waals surface area contributed by atoms with Gasteiger partial charge in [-0.05, 0) is 39.5 Å². The lowest BCUT2D eigenvalue weighted by molar-refractivity contribution is -0.117. The van der Waals surface area contributed by atoms with Crippen molar-refractivity contribution in [2.24, 2.45) is 5.92 Å². The van der Waals surface area contributed by atoms with E-state index in [9.17, 15) is 9.59 Å². The van der Waals surface area contributed by atoms with Crippen LogP contribution in [0.1, 0.15) is 40.0 Å². The van der Waals surface area contributed by atoms with E-state index < -0.39 is 5.60 Å². The van der Waals surface area contributed by atoms with Crippen LogP contribution in [-0.2, 0) is 9.53 Å². The summed E-state index contributed by atoms with van der Waals surface area (Å²) in [4.78, 5) is 29.7. The Balaban J connectivity index is 1.73. The third-order valence-corrected chi connectivity index (χ3v) is 4.11. The smallest absolute Gasteiger partial charge is 0.410 e. The zero-order valence-corrected chi connectivity index (χ0v) is 14.1. The fraction of sp³-hybridized carbons (Fsp3) is 0.667. The van der Waals surface area contributed by atoms with Crippen LogP contribution in [0.15, 0.2) is 11.6 Å². The van der Waals surface area contributed by atoms with Crippen LogP contribution in [0.3, 0.4) is 0 Å². The summed E-state index contributed by atoms with van der Waals surface area (Å²) < 4.78 is 5.36. The molecule has 0 radical (unpaired) electrons. The molecule has 1 aliphatic heterocycles. The Bertz CT molecular complexity index is 503. The van der Waals surface area contributed by atoms with Crippen molar-refractivity contribution < 1.29 is 14.3 Å². The summed E-state index contributed by atoms with van der Waals surface area (Å²) >= 11 is 1.41. The quantitative estimate of drug-likeness (QED) is 0.927. The zero-order valence-electron chi connectivity index (χ0n) is 13.3. The van der Waals surface area contributed by atoms with E-state index in [1.54, 1.807) is 11.1 Å². The molecule has 122 valence electrons. The number of likely N-dealkylation sites (tertiary alicyclic amines) is 1. The van der Waals surface area contributed by atoms with Crippen LogP contribution in [0.4, 0.5) is 9.93 Å². The number of piperidine rings is 1. The van der Waals surface area contributed by atoms with Gasteiger partial charge in [0.05, 0.1) is 0 Å². The Morgan fingerprint density at radius 2 is 2.09 bits per heavy atom. The average Bonchev–Trinajstić information content (AvgIpc) is 2.90. The summed E-state index contributed by atoms with van der Waals surface area (Å²) in [5.74, 6) is 0.296. The first kappa shape index (κ1) is 16.7. The molecule has 0 spiro atoms. The van der Waals surface area contributed by atoms with Crippen molar-refractivity contribution in [3.05, 3.63) is 11.6 Å². The number of hydrogen-bond donors (Lipinski definition) is 1. The number of aromatic nitrogens is 1. The van der Waals surface area contributed by atoms with Gasteiger partial charge < -0.3 is 15.0 Å². The van der Waals surface area contributed by atoms with Gasteiger partial charge in [-0.15, -0.1) is 11.3 Å². The molecular formula is C15H23N3O3S. The topological polar surface area (TPSA) is 71.5 Å². The first-order valence-electron chi connectivity index (χ1n) is 7.51. The molecule has 2 rings (SSSR count). The van der Waals surface area contributed by atoms with E-state index in [0.717, 1.165) is 12.8 Å². The second kappa shape index (κ2) is 7.09. The first-order chi connectivity index (χ1) is 10.3. The van der Waals surface area contributed by atoms with Crippen LogP contribution in [0.5, 0.6) is 0 Å². The summed E-state index contributed by atoms with van der Waals surface area (Å²) in [7, 11) is 0. The molecule has 0 saturated carbocycles. The van der Waals surface area contributed by atoms with E-state index in [-0.39, 0.29) is 12.0 Å². The highest BCUT2D eigenvalue weighted by Crippen LogP contribution is 2.23. The van der Waals surface area contributed by atoms with E-state index in [1.165, 1.54) is 11.3 Å². The number of thiazole rings is 1. The molecule has 0 aliphatic carbocycles. The van der Waals surface area contributed by atoms with Crippen LogP contribution >= 0.6 is 11.3 Å². The molecule has 22 heavy (non-hydrogen) atoms. The van der Waals surface area contributed by atoms with Crippen molar-refractivity contribution in [2.75, 3.05) is 18.4 Å². The van der Waals surface area contributed by atoms with Crippen molar-refractivity contribution in [2.45, 2.75) is 45.6 Å². The molecule has 0 bridgehead atoms. The zero-order chi connectivity index (χ0) is 16.2. The maximum atomic E-state index is 12.0. The van der Waals surface area contributed by atoms with Gasteiger partial charge in [0.25, 0.3) is 0 Å². The highest BCUT2D eigenvalue weighted by atomic mass is 32.1. The van der Waals surface area contributed by atoms with Crippen LogP contribution in [0.2, 0.25) is 0 Å². The number of hydrogen-bond acceptors (Lipinski definition) is 5. The predicted molar refractivity (Wildman–Crippen MR) is 85.9 cm³/mol. The number of nitrogens with zero attached hydrogens (tertiary/aromatic N) is 2. The fourth-order valence-electron chi connectivity index (χ4n) is 2.36. The number of nitrogens with one attached hydrogen (secondary N) is 1. The molecule has 2 heterocycles. The summed E-state index contributed by atoms with van der Waals surface area (Å²) in [5, 5.41) is 5.26. The van der Waals surface area contributed by atoms with Gasteiger partial charge in [0, 0.05) is 31.1 Å². The van der Waals surface area contributed by atoms with Gasteiger partial charge >= 0.3 is 6.09 Å². The molecule has 6 nitrogen and oxygen atoms in total. The minimum Gasteiger partial charge on any atom is -0.444 e. The number of rotatable bonds is 3. The van der Waals surface area contributed by atoms with Crippen molar-refractivity contribution in [1.82, 2.24) is 9.88 Å². The lowest BCUT2D eigenvalue weighted by atomic mass is 9.93. The molecule has 1 aromatic heterocycles. The van der Waals surface area contributed by atoms with E-state index in [4.69, 9.17) is 4.74 Å². The van der Waals surface area contributed by atoms with E-state index in [2.05, 4.69) is 10.3 Å². The van der Waals surface area contributed by atoms with Crippen molar-refractivity contribution in [3.8, 4) is 0 Å². The molecular weight excluding hydrogens is 302 g/mol. The lowest BCUT2D eigenvalue weighted by Gasteiger charge is -2.33. The largest absolute Gasteiger partial charge is 0.444 e. The molecule has 1 saturated heterocycles. The van der Waals surface area contributed by atoms with Crippen molar-refractivity contribution in [1.29, 1.82) is 0 Å². The lowest BCUT2D eigenvalue weighted by Crippen LogP contribution is -2.42. The van der Waals surface area contributed by atoms with Crippen LogP contribution < -0.4 is 5.32 Å². The summed E-state index contributed by atoms with van der Waals surface area (Å²) in [5.41, 5.74) is -0.471. The Morgan fingerprint density at radius 1 is 1.41 bits per heavy atom. The number of anilines is 1. The van der Waals surface area contributed by atoms with Gasteiger partial charge in [-0.25, -0.2) is 9.78 Å². The van der Waals surface area contributed by atoms with Crippen LogP contribution in [0.25, 0.3) is 0 Å². The van der Waals surface area contributed by atoms with Gasteiger partial charge in [-0.2, -0.15) is 0 Å². The minimum absolute atomic E-state index is 0.00864. The third kappa shape index (κ3) is 5.29. The summed E-state index contributed by atoms with van der Waals surface area (Å²) in [6.45, 7) is 6.87. The molecule has 1 aliphatic rings. The van der Waals surface area contributed by atoms with Crippen molar-refractivity contribution >= 4 is 28.5 Å². The van der Waals surface area contributed by atoms with Crippen molar-refractivity contribution in [3.63, 3.8) is 0 Å². The maximum absolute atomic E-state index is 12.0. The fourth-order valence-corrected chi connectivity index (χ4v) is 2.91. The average molecular weight is 325 g/mol. The van der Waals surface area contributed by atoms with E-state index in [0.29, 0.717) is 30.6 Å². The number of carbonyl (C=O) groups excluding carboxylic acids is 2. The Labute approximate surface area is 134 Å². The SMILES string of the molecule is CC(C)(C)OC(=O)N1CCC(CC(=O)Nc2nccs2)CC1. The number of carbonyl (C=O) groups is 2. The maximum Gasteiger partial charge on any atom is 0.410 e. The first-order valence-corrected chi connectivity index (χ1v) is 8.39. The van der Waals surface area contributed by atoms with Crippen LogP contribution in [0, 0.1) is 5.92 Å². The molecule has 7 heteroatoms. The van der Waals surface area contributed by atoms with Gasteiger partial charge in [-0.3, -0.25) is 4.79 Å². The summed E-state index contributed by atoms with van der Waals surface area (Å²) in [6.07, 6.45) is 3.52. The van der Waals surface area contributed by atoms with E-state index in [1.807, 2.05) is 26.2 Å². The molecule has 1 aromatic rings. The standard InChI is InChI=1S/C15H23N3O3S/c1-15(2,3)21-14(20)18-7-4-11(5-8-18)10-12(19)17-13-16-6-9-22-13/h6,9,11H,4-5,7-8,10H2,1-3H3,(H,16,17,19). The third-order valence-electron chi connectivity index (χ3n) is 3.42. The molecule has 0 atom stereocenters. The van der Waals surface area contributed by atoms with Gasteiger partial charge in [0.15, 0.2) is 5.13 Å². The minimum atomic E-state index is -0.471. The second-order valence-corrected chi connectivity index (χ2v) is 7.39.